The van der Waals surface area contributed by atoms with Gasteiger partial charge in [-0.25, -0.2) is 17.8 Å². The molecule has 1 aliphatic heterocycles. The van der Waals surface area contributed by atoms with Crippen LogP contribution in [0, 0.1) is 12.7 Å². The first-order valence-corrected chi connectivity index (χ1v) is 14.7. The average molecular weight is 558 g/mol. The number of hydrogen-bond acceptors (Lipinski definition) is 7. The van der Waals surface area contributed by atoms with Crippen LogP contribution in [0.1, 0.15) is 49.1 Å². The number of rotatable bonds is 11. The van der Waals surface area contributed by atoms with Crippen LogP contribution in [0.4, 0.5) is 4.39 Å². The molecule has 4 rings (SSSR count). The summed E-state index contributed by atoms with van der Waals surface area (Å²) in [5, 5.41) is 9.11. The second-order valence-electron chi connectivity index (χ2n) is 9.47. The molecule has 8 nitrogen and oxygen atoms in total. The lowest BCUT2D eigenvalue weighted by Crippen LogP contribution is -2.30. The zero-order valence-electron chi connectivity index (χ0n) is 21.9. The van der Waals surface area contributed by atoms with E-state index in [4.69, 9.17) is 19.3 Å². The van der Waals surface area contributed by atoms with E-state index >= 15 is 0 Å². The lowest BCUT2D eigenvalue weighted by molar-refractivity contribution is -0.140. The van der Waals surface area contributed by atoms with Crippen molar-refractivity contribution in [3.63, 3.8) is 0 Å². The molecule has 0 saturated carbocycles. The van der Waals surface area contributed by atoms with Gasteiger partial charge in [-0.3, -0.25) is 4.79 Å². The Kier molecular flexibility index (Phi) is 9.19. The molecule has 1 atom stereocenters. The second-order valence-corrected chi connectivity index (χ2v) is 11.8. The Morgan fingerprint density at radius 1 is 1.08 bits per heavy atom. The number of carbonyl (C=O) groups is 1. The summed E-state index contributed by atoms with van der Waals surface area (Å²) in [5.41, 5.74) is 3.11. The van der Waals surface area contributed by atoms with Gasteiger partial charge in [-0.05, 0) is 68.1 Å². The van der Waals surface area contributed by atoms with E-state index in [0.29, 0.717) is 47.9 Å². The Labute approximate surface area is 227 Å². The number of benzene rings is 2. The van der Waals surface area contributed by atoms with Crippen LogP contribution in [-0.4, -0.2) is 48.7 Å². The van der Waals surface area contributed by atoms with Crippen molar-refractivity contribution in [1.29, 1.82) is 0 Å². The Morgan fingerprint density at radius 2 is 1.79 bits per heavy atom. The third kappa shape index (κ3) is 7.77. The summed E-state index contributed by atoms with van der Waals surface area (Å²) in [5.74, 6) is -0.131. The molecular formula is C29H32FNO7S. The number of pyridine rings is 1. The highest BCUT2D eigenvalue weighted by Gasteiger charge is 2.25. The number of sulfone groups is 1. The highest BCUT2D eigenvalue weighted by Crippen LogP contribution is 2.30. The molecule has 1 N–H and O–H groups in total. The average Bonchev–Trinajstić information content (AvgIpc) is 2.90. The molecule has 39 heavy (non-hydrogen) atoms. The summed E-state index contributed by atoms with van der Waals surface area (Å²) < 4.78 is 55.4. The Balaban J connectivity index is 1.42. The molecule has 3 aromatic rings. The van der Waals surface area contributed by atoms with Crippen LogP contribution in [0.3, 0.4) is 0 Å². The van der Waals surface area contributed by atoms with Gasteiger partial charge in [0, 0.05) is 29.5 Å². The highest BCUT2D eigenvalue weighted by atomic mass is 32.2. The minimum atomic E-state index is -2.98. The predicted octanol–water partition coefficient (Wildman–Crippen LogP) is 5.28. The Morgan fingerprint density at radius 3 is 2.44 bits per heavy atom. The molecule has 1 saturated heterocycles. The molecule has 1 aliphatic rings. The van der Waals surface area contributed by atoms with Gasteiger partial charge in [0.1, 0.15) is 24.3 Å². The first-order valence-electron chi connectivity index (χ1n) is 12.8. The summed E-state index contributed by atoms with van der Waals surface area (Å²) in [4.78, 5) is 15.6. The van der Waals surface area contributed by atoms with E-state index in [1.807, 2.05) is 6.92 Å². The molecule has 0 unspecified atom stereocenters. The number of aryl methyl sites for hydroxylation is 1. The molecule has 1 fully saturated rings. The maximum Gasteiger partial charge on any atom is 0.306 e. The largest absolute Gasteiger partial charge is 0.489 e. The number of carboxylic acids is 1. The zero-order chi connectivity index (χ0) is 28.0. The Bertz CT molecular complexity index is 1400. The smallest absolute Gasteiger partial charge is 0.306 e. The third-order valence-corrected chi connectivity index (χ3v) is 8.27. The van der Waals surface area contributed by atoms with Crippen LogP contribution in [0.2, 0.25) is 0 Å². The van der Waals surface area contributed by atoms with Crippen molar-refractivity contribution in [3.8, 4) is 22.8 Å². The van der Waals surface area contributed by atoms with E-state index in [-0.39, 0.29) is 36.5 Å². The number of aliphatic carboxylic acids is 1. The normalized spacial score (nSPS) is 16.0. The second kappa shape index (κ2) is 12.6. The number of aromatic nitrogens is 1. The summed E-state index contributed by atoms with van der Waals surface area (Å²) in [7, 11) is -2.98. The number of ether oxygens (including phenoxy) is 3. The number of halogens is 1. The van der Waals surface area contributed by atoms with Gasteiger partial charge in [-0.2, -0.15) is 0 Å². The SMILES string of the molecule is CCO[C@@H](CC(=O)O)c1ccc(OCc2ccc(F)c(-c3ccc(OC4CCS(=O)(=O)CC4)nc3C)c2)cc1. The van der Waals surface area contributed by atoms with Crippen molar-refractivity contribution in [1.82, 2.24) is 4.98 Å². The molecule has 0 amide bonds. The van der Waals surface area contributed by atoms with Crippen LogP contribution in [0.15, 0.2) is 54.6 Å². The number of carboxylic acid groups (broad SMARTS) is 1. The molecule has 2 heterocycles. The third-order valence-electron chi connectivity index (χ3n) is 6.56. The summed E-state index contributed by atoms with van der Waals surface area (Å²) in [6, 6.07) is 15.3. The fourth-order valence-corrected chi connectivity index (χ4v) is 5.94. The van der Waals surface area contributed by atoms with Gasteiger partial charge in [0.25, 0.3) is 0 Å². The fourth-order valence-electron chi connectivity index (χ4n) is 4.49. The minimum Gasteiger partial charge on any atom is -0.489 e. The van der Waals surface area contributed by atoms with Crippen LogP contribution in [-0.2, 0) is 26.0 Å². The zero-order valence-corrected chi connectivity index (χ0v) is 22.7. The number of nitrogens with zero attached hydrogens (tertiary/aromatic N) is 1. The van der Waals surface area contributed by atoms with Crippen molar-refractivity contribution in [2.45, 2.75) is 51.9 Å². The quantitative estimate of drug-likeness (QED) is 0.339. The van der Waals surface area contributed by atoms with E-state index in [2.05, 4.69) is 4.98 Å². The molecule has 1 aromatic heterocycles. The lowest BCUT2D eigenvalue weighted by Gasteiger charge is -2.23. The fraction of sp³-hybridized carbons (Fsp3) is 0.379. The van der Waals surface area contributed by atoms with Crippen molar-refractivity contribution in [2.24, 2.45) is 0 Å². The van der Waals surface area contributed by atoms with E-state index < -0.39 is 21.9 Å². The summed E-state index contributed by atoms with van der Waals surface area (Å²) in [6.07, 6.45) is -0.00808. The summed E-state index contributed by atoms with van der Waals surface area (Å²) in [6.45, 7) is 4.20. The molecule has 2 aromatic carbocycles. The monoisotopic (exact) mass is 557 g/mol. The van der Waals surface area contributed by atoms with Crippen LogP contribution >= 0.6 is 0 Å². The maximum absolute atomic E-state index is 14.8. The summed E-state index contributed by atoms with van der Waals surface area (Å²) >= 11 is 0. The van der Waals surface area contributed by atoms with Gasteiger partial charge in [-0.1, -0.05) is 18.2 Å². The number of hydrogen-bond donors (Lipinski definition) is 1. The van der Waals surface area contributed by atoms with Crippen molar-refractivity contribution in [2.75, 3.05) is 18.1 Å². The van der Waals surface area contributed by atoms with Gasteiger partial charge < -0.3 is 19.3 Å². The van der Waals surface area contributed by atoms with Gasteiger partial charge in [-0.15, -0.1) is 0 Å². The van der Waals surface area contributed by atoms with Crippen molar-refractivity contribution < 1.29 is 36.9 Å². The molecule has 0 bridgehead atoms. The standard InChI is InChI=1S/C29H32FNO7S/c1-3-36-27(17-29(32)33)21-5-7-22(8-6-21)37-18-20-4-10-26(30)25(16-20)24-9-11-28(31-19(24)2)38-23-12-14-39(34,35)15-13-23/h4-11,16,23,27H,3,12-15,17-18H2,1-2H3,(H,32,33)/t27-/m0/s1. The molecule has 0 spiro atoms. The first-order chi connectivity index (χ1) is 18.6. The minimum absolute atomic E-state index is 0.109. The van der Waals surface area contributed by atoms with Crippen molar-refractivity contribution in [3.05, 3.63) is 77.2 Å². The van der Waals surface area contributed by atoms with E-state index in [0.717, 1.165) is 11.1 Å². The van der Waals surface area contributed by atoms with E-state index in [1.165, 1.54) is 6.07 Å². The lowest BCUT2D eigenvalue weighted by atomic mass is 10.0. The van der Waals surface area contributed by atoms with Gasteiger partial charge in [0.05, 0.1) is 24.0 Å². The van der Waals surface area contributed by atoms with Gasteiger partial charge in [0.2, 0.25) is 5.88 Å². The van der Waals surface area contributed by atoms with E-state index in [1.54, 1.807) is 55.5 Å². The van der Waals surface area contributed by atoms with Gasteiger partial charge in [0.15, 0.2) is 9.84 Å². The van der Waals surface area contributed by atoms with E-state index in [9.17, 15) is 17.6 Å². The molecule has 0 aliphatic carbocycles. The highest BCUT2D eigenvalue weighted by molar-refractivity contribution is 7.91. The Hall–Kier alpha value is -3.50. The van der Waals surface area contributed by atoms with Gasteiger partial charge >= 0.3 is 5.97 Å². The van der Waals surface area contributed by atoms with Crippen LogP contribution in [0.5, 0.6) is 11.6 Å². The predicted molar refractivity (Wildman–Crippen MR) is 144 cm³/mol. The van der Waals surface area contributed by atoms with Crippen LogP contribution < -0.4 is 9.47 Å². The van der Waals surface area contributed by atoms with Crippen molar-refractivity contribution >= 4 is 15.8 Å². The molecule has 0 radical (unpaired) electrons. The van der Waals surface area contributed by atoms with Crippen LogP contribution in [0.25, 0.3) is 11.1 Å². The topological polar surface area (TPSA) is 112 Å². The molecule has 208 valence electrons. The molecular weight excluding hydrogens is 525 g/mol. The first kappa shape index (κ1) is 28.5. The maximum atomic E-state index is 14.8. The molecule has 10 heteroatoms.